The molecule has 0 aromatic heterocycles. The minimum atomic E-state index is -1.07. The second kappa shape index (κ2) is 6.93. The molecular weight excluding hydrogens is 232 g/mol. The first-order valence-electron chi connectivity index (χ1n) is 5.80. The maximum absolute atomic E-state index is 10.3. The molecule has 0 radical (unpaired) electrons. The lowest BCUT2D eigenvalue weighted by molar-refractivity contribution is -0.139. The Labute approximate surface area is 106 Å². The maximum Gasteiger partial charge on any atom is 0.305 e. The average Bonchev–Trinajstić information content (AvgIpc) is 2.27. The molecule has 0 heterocycles. The summed E-state index contributed by atoms with van der Waals surface area (Å²) < 4.78 is 0. The highest BCUT2D eigenvalue weighted by Gasteiger charge is 2.12. The molecule has 0 aliphatic heterocycles. The fraction of sp³-hybridized carbons (Fsp3) is 0.357. The number of carbonyl (C=O) groups is 1. The van der Waals surface area contributed by atoms with E-state index in [4.69, 9.17) is 5.11 Å². The summed E-state index contributed by atoms with van der Waals surface area (Å²) in [7, 11) is 0. The van der Waals surface area contributed by atoms with Crippen molar-refractivity contribution in [1.82, 2.24) is 0 Å². The fourth-order valence-electron chi connectivity index (χ4n) is 1.54. The van der Waals surface area contributed by atoms with Gasteiger partial charge in [0, 0.05) is 6.42 Å². The molecule has 1 aromatic carbocycles. The van der Waals surface area contributed by atoms with Crippen molar-refractivity contribution in [2.24, 2.45) is 0 Å². The van der Waals surface area contributed by atoms with Gasteiger partial charge in [-0.1, -0.05) is 42.0 Å². The van der Waals surface area contributed by atoms with Crippen molar-refractivity contribution in [2.75, 3.05) is 0 Å². The molecule has 98 valence electrons. The zero-order valence-corrected chi connectivity index (χ0v) is 10.3. The Morgan fingerprint density at radius 1 is 1.28 bits per heavy atom. The Morgan fingerprint density at radius 2 is 1.89 bits per heavy atom. The topological polar surface area (TPSA) is 77.8 Å². The quantitative estimate of drug-likeness (QED) is 0.716. The first-order valence-corrected chi connectivity index (χ1v) is 5.80. The van der Waals surface area contributed by atoms with Crippen molar-refractivity contribution in [1.29, 1.82) is 0 Å². The van der Waals surface area contributed by atoms with Gasteiger partial charge in [-0.3, -0.25) is 4.79 Å². The van der Waals surface area contributed by atoms with E-state index in [2.05, 4.69) is 0 Å². The second-order valence-corrected chi connectivity index (χ2v) is 4.32. The third-order valence-corrected chi connectivity index (χ3v) is 2.51. The number of aryl methyl sites for hydroxylation is 1. The van der Waals surface area contributed by atoms with E-state index in [0.717, 1.165) is 11.1 Å². The molecule has 0 amide bonds. The SMILES string of the molecule is Cc1ccc(C=C[C@H](O)C[C@H](O)CC(=O)O)cc1. The van der Waals surface area contributed by atoms with E-state index in [1.54, 1.807) is 12.2 Å². The predicted molar refractivity (Wildman–Crippen MR) is 69.1 cm³/mol. The van der Waals surface area contributed by atoms with Gasteiger partial charge in [0.25, 0.3) is 0 Å². The van der Waals surface area contributed by atoms with Gasteiger partial charge in [0.15, 0.2) is 0 Å². The molecule has 1 aromatic rings. The number of carboxylic acids is 1. The molecule has 0 fully saturated rings. The zero-order valence-electron chi connectivity index (χ0n) is 10.3. The van der Waals surface area contributed by atoms with E-state index in [1.807, 2.05) is 31.2 Å². The number of aliphatic hydroxyl groups excluding tert-OH is 2. The summed E-state index contributed by atoms with van der Waals surface area (Å²) in [6.07, 6.45) is 1.10. The molecule has 4 nitrogen and oxygen atoms in total. The number of aliphatic hydroxyl groups is 2. The summed E-state index contributed by atoms with van der Waals surface area (Å²) in [4.78, 5) is 10.3. The monoisotopic (exact) mass is 250 g/mol. The zero-order chi connectivity index (χ0) is 13.5. The summed E-state index contributed by atoms with van der Waals surface area (Å²) in [6.45, 7) is 1.99. The standard InChI is InChI=1S/C14H18O4/c1-10-2-4-11(5-3-10)6-7-12(15)8-13(16)9-14(17)18/h2-7,12-13,15-16H,8-9H2,1H3,(H,17,18)/t12-,13-/m0/s1. The van der Waals surface area contributed by atoms with Gasteiger partial charge in [0.2, 0.25) is 0 Å². The molecule has 0 aliphatic rings. The molecule has 0 unspecified atom stereocenters. The van der Waals surface area contributed by atoms with Crippen LogP contribution in [0.4, 0.5) is 0 Å². The third-order valence-electron chi connectivity index (χ3n) is 2.51. The van der Waals surface area contributed by atoms with Gasteiger partial charge >= 0.3 is 5.97 Å². The minimum Gasteiger partial charge on any atom is -0.481 e. The summed E-state index contributed by atoms with van der Waals surface area (Å²) >= 11 is 0. The number of benzene rings is 1. The molecule has 0 aliphatic carbocycles. The summed E-state index contributed by atoms with van der Waals surface area (Å²) in [6, 6.07) is 7.77. The molecule has 18 heavy (non-hydrogen) atoms. The van der Waals surface area contributed by atoms with Crippen LogP contribution < -0.4 is 0 Å². The Bertz CT molecular complexity index is 408. The third kappa shape index (κ3) is 5.61. The Balaban J connectivity index is 2.46. The highest BCUT2D eigenvalue weighted by atomic mass is 16.4. The number of rotatable bonds is 6. The molecule has 1 rings (SSSR count). The van der Waals surface area contributed by atoms with Gasteiger partial charge in [-0.05, 0) is 12.5 Å². The number of hydrogen-bond donors (Lipinski definition) is 3. The van der Waals surface area contributed by atoms with Crippen molar-refractivity contribution in [3.63, 3.8) is 0 Å². The van der Waals surface area contributed by atoms with Gasteiger partial charge in [0.05, 0.1) is 18.6 Å². The van der Waals surface area contributed by atoms with Crippen molar-refractivity contribution in [2.45, 2.75) is 32.0 Å². The smallest absolute Gasteiger partial charge is 0.305 e. The maximum atomic E-state index is 10.3. The predicted octanol–water partition coefficient (Wildman–Crippen LogP) is 1.59. The number of aliphatic carboxylic acids is 1. The van der Waals surface area contributed by atoms with Crippen LogP contribution in [0.3, 0.4) is 0 Å². The van der Waals surface area contributed by atoms with E-state index in [9.17, 15) is 15.0 Å². The van der Waals surface area contributed by atoms with E-state index >= 15 is 0 Å². The van der Waals surface area contributed by atoms with Gasteiger partial charge in [-0.2, -0.15) is 0 Å². The number of carboxylic acid groups (broad SMARTS) is 1. The average molecular weight is 250 g/mol. The second-order valence-electron chi connectivity index (χ2n) is 4.32. The van der Waals surface area contributed by atoms with Gasteiger partial charge in [-0.25, -0.2) is 0 Å². The normalized spacial score (nSPS) is 14.6. The van der Waals surface area contributed by atoms with Crippen LogP contribution in [0.1, 0.15) is 24.0 Å². The molecule has 2 atom stereocenters. The van der Waals surface area contributed by atoms with Crippen LogP contribution in [0.5, 0.6) is 0 Å². The Morgan fingerprint density at radius 3 is 2.44 bits per heavy atom. The van der Waals surface area contributed by atoms with Gasteiger partial charge in [0.1, 0.15) is 0 Å². The summed E-state index contributed by atoms with van der Waals surface area (Å²) in [5, 5.41) is 27.4. The van der Waals surface area contributed by atoms with Crippen molar-refractivity contribution < 1.29 is 20.1 Å². The van der Waals surface area contributed by atoms with Crippen LogP contribution in [-0.2, 0) is 4.79 Å². The van der Waals surface area contributed by atoms with E-state index in [1.165, 1.54) is 0 Å². The first kappa shape index (κ1) is 14.4. The molecule has 0 saturated heterocycles. The molecule has 0 saturated carbocycles. The first-order chi connectivity index (χ1) is 8.47. The lowest BCUT2D eigenvalue weighted by atomic mass is 10.1. The lowest BCUT2D eigenvalue weighted by Crippen LogP contribution is -2.19. The molecule has 4 heteroatoms. The van der Waals surface area contributed by atoms with Crippen molar-refractivity contribution >= 4 is 12.0 Å². The summed E-state index contributed by atoms with van der Waals surface area (Å²) in [5.74, 6) is -1.07. The van der Waals surface area contributed by atoms with Crippen LogP contribution >= 0.6 is 0 Å². The van der Waals surface area contributed by atoms with Crippen molar-refractivity contribution in [3.05, 3.63) is 41.5 Å². The fourth-order valence-corrected chi connectivity index (χ4v) is 1.54. The summed E-state index contributed by atoms with van der Waals surface area (Å²) in [5.41, 5.74) is 2.11. The Hall–Kier alpha value is -1.65. The highest BCUT2D eigenvalue weighted by molar-refractivity contribution is 5.67. The molecule has 3 N–H and O–H groups in total. The molecule has 0 bridgehead atoms. The van der Waals surface area contributed by atoms with Crippen LogP contribution in [-0.4, -0.2) is 33.5 Å². The van der Waals surface area contributed by atoms with E-state index in [0.29, 0.717) is 0 Å². The van der Waals surface area contributed by atoms with Gasteiger partial charge < -0.3 is 15.3 Å². The molecule has 0 spiro atoms. The van der Waals surface area contributed by atoms with E-state index in [-0.39, 0.29) is 12.8 Å². The number of hydrogen-bond acceptors (Lipinski definition) is 3. The lowest BCUT2D eigenvalue weighted by Gasteiger charge is -2.10. The Kier molecular flexibility index (Phi) is 5.55. The van der Waals surface area contributed by atoms with Crippen LogP contribution in [0, 0.1) is 6.92 Å². The molecular formula is C14H18O4. The largest absolute Gasteiger partial charge is 0.481 e. The van der Waals surface area contributed by atoms with Crippen molar-refractivity contribution in [3.8, 4) is 0 Å². The van der Waals surface area contributed by atoms with E-state index < -0.39 is 18.2 Å². The van der Waals surface area contributed by atoms with Crippen LogP contribution in [0.25, 0.3) is 6.08 Å². The van der Waals surface area contributed by atoms with Crippen LogP contribution in [0.2, 0.25) is 0 Å². The minimum absolute atomic E-state index is 0.0225. The van der Waals surface area contributed by atoms with Crippen LogP contribution in [0.15, 0.2) is 30.3 Å². The highest BCUT2D eigenvalue weighted by Crippen LogP contribution is 2.08. The van der Waals surface area contributed by atoms with Gasteiger partial charge in [-0.15, -0.1) is 0 Å².